The molecule has 1 heterocycles. The molecular formula is C15H15N3O. The monoisotopic (exact) mass is 253 g/mol. The van der Waals surface area contributed by atoms with Gasteiger partial charge in [0, 0.05) is 18.9 Å². The molecule has 1 N–H and O–H groups in total. The SMILES string of the molecule is C[C@H](O)c1ccc(N(C)c2cccc(C#N)c2)nc1. The Balaban J connectivity index is 2.28. The summed E-state index contributed by atoms with van der Waals surface area (Å²) in [4.78, 5) is 6.21. The first-order valence-electron chi connectivity index (χ1n) is 5.99. The van der Waals surface area contributed by atoms with E-state index in [2.05, 4.69) is 11.1 Å². The number of hydrogen-bond acceptors (Lipinski definition) is 4. The van der Waals surface area contributed by atoms with Gasteiger partial charge in [-0.3, -0.25) is 0 Å². The summed E-state index contributed by atoms with van der Waals surface area (Å²) >= 11 is 0. The molecule has 4 heteroatoms. The Bertz CT molecular complexity index is 600. The standard InChI is InChI=1S/C15H15N3O/c1-11(19)13-6-7-15(17-10-13)18(2)14-5-3-4-12(8-14)9-16/h3-8,10-11,19H,1-2H3/t11-/m0/s1. The molecule has 2 aromatic rings. The average Bonchev–Trinajstić information content (AvgIpc) is 2.46. The molecular weight excluding hydrogens is 238 g/mol. The quantitative estimate of drug-likeness (QED) is 0.913. The topological polar surface area (TPSA) is 60.1 Å². The van der Waals surface area contributed by atoms with Crippen molar-refractivity contribution in [3.8, 4) is 6.07 Å². The van der Waals surface area contributed by atoms with Crippen LogP contribution in [0.5, 0.6) is 0 Å². The van der Waals surface area contributed by atoms with Crippen molar-refractivity contribution in [2.24, 2.45) is 0 Å². The molecule has 0 unspecified atom stereocenters. The van der Waals surface area contributed by atoms with E-state index in [1.807, 2.05) is 42.3 Å². The Morgan fingerprint density at radius 1 is 1.32 bits per heavy atom. The normalized spacial score (nSPS) is 11.7. The van der Waals surface area contributed by atoms with Crippen molar-refractivity contribution in [2.45, 2.75) is 13.0 Å². The van der Waals surface area contributed by atoms with Gasteiger partial charge in [-0.05, 0) is 36.8 Å². The summed E-state index contributed by atoms with van der Waals surface area (Å²) in [6.07, 6.45) is 1.14. The maximum Gasteiger partial charge on any atom is 0.132 e. The van der Waals surface area contributed by atoms with Gasteiger partial charge >= 0.3 is 0 Å². The van der Waals surface area contributed by atoms with Crippen LogP contribution in [-0.2, 0) is 0 Å². The van der Waals surface area contributed by atoms with Gasteiger partial charge in [-0.25, -0.2) is 4.98 Å². The first-order valence-corrected chi connectivity index (χ1v) is 5.99. The number of anilines is 2. The molecule has 2 rings (SSSR count). The summed E-state index contributed by atoms with van der Waals surface area (Å²) in [5, 5.41) is 18.3. The lowest BCUT2D eigenvalue weighted by Crippen LogP contribution is -2.11. The van der Waals surface area contributed by atoms with Gasteiger partial charge in [-0.15, -0.1) is 0 Å². The Morgan fingerprint density at radius 2 is 2.11 bits per heavy atom. The van der Waals surface area contributed by atoms with E-state index in [4.69, 9.17) is 5.26 Å². The van der Waals surface area contributed by atoms with Crippen LogP contribution in [0.1, 0.15) is 24.2 Å². The molecule has 0 aliphatic carbocycles. The number of nitriles is 1. The molecule has 0 saturated heterocycles. The highest BCUT2D eigenvalue weighted by Crippen LogP contribution is 2.23. The van der Waals surface area contributed by atoms with E-state index < -0.39 is 6.10 Å². The number of aliphatic hydroxyl groups excluding tert-OH is 1. The Kier molecular flexibility index (Phi) is 3.79. The van der Waals surface area contributed by atoms with E-state index in [0.29, 0.717) is 5.56 Å². The van der Waals surface area contributed by atoms with Crippen LogP contribution in [0.15, 0.2) is 42.6 Å². The predicted octanol–water partition coefficient (Wildman–Crippen LogP) is 2.77. The van der Waals surface area contributed by atoms with Crippen LogP contribution in [0, 0.1) is 11.3 Å². The lowest BCUT2D eigenvalue weighted by atomic mass is 10.2. The zero-order chi connectivity index (χ0) is 13.8. The molecule has 0 aliphatic heterocycles. The molecule has 96 valence electrons. The lowest BCUT2D eigenvalue weighted by Gasteiger charge is -2.19. The fourth-order valence-electron chi connectivity index (χ4n) is 1.76. The van der Waals surface area contributed by atoms with Gasteiger partial charge in [0.1, 0.15) is 5.82 Å². The first-order chi connectivity index (χ1) is 9.11. The fourth-order valence-corrected chi connectivity index (χ4v) is 1.76. The second-order valence-corrected chi connectivity index (χ2v) is 4.35. The second kappa shape index (κ2) is 5.51. The lowest BCUT2D eigenvalue weighted by molar-refractivity contribution is 0.199. The Labute approximate surface area is 112 Å². The first kappa shape index (κ1) is 13.1. The number of aromatic nitrogens is 1. The van der Waals surface area contributed by atoms with Crippen LogP contribution < -0.4 is 4.90 Å². The van der Waals surface area contributed by atoms with E-state index >= 15 is 0 Å². The summed E-state index contributed by atoms with van der Waals surface area (Å²) in [6, 6.07) is 13.1. The van der Waals surface area contributed by atoms with Gasteiger partial charge in [-0.1, -0.05) is 12.1 Å². The van der Waals surface area contributed by atoms with E-state index in [9.17, 15) is 5.11 Å². The molecule has 1 aromatic heterocycles. The summed E-state index contributed by atoms with van der Waals surface area (Å²) < 4.78 is 0. The van der Waals surface area contributed by atoms with Gasteiger partial charge in [0.15, 0.2) is 0 Å². The molecule has 0 spiro atoms. The molecule has 1 aromatic carbocycles. The maximum absolute atomic E-state index is 9.45. The van der Waals surface area contributed by atoms with Crippen LogP contribution >= 0.6 is 0 Å². The smallest absolute Gasteiger partial charge is 0.132 e. The minimum Gasteiger partial charge on any atom is -0.389 e. The molecule has 19 heavy (non-hydrogen) atoms. The van der Waals surface area contributed by atoms with Gasteiger partial charge in [-0.2, -0.15) is 5.26 Å². The zero-order valence-electron chi connectivity index (χ0n) is 10.9. The van der Waals surface area contributed by atoms with Crippen molar-refractivity contribution in [2.75, 3.05) is 11.9 Å². The van der Waals surface area contributed by atoms with Gasteiger partial charge in [0.25, 0.3) is 0 Å². The molecule has 0 radical (unpaired) electrons. The van der Waals surface area contributed by atoms with E-state index in [1.54, 1.807) is 19.2 Å². The highest BCUT2D eigenvalue weighted by atomic mass is 16.3. The van der Waals surface area contributed by atoms with Crippen molar-refractivity contribution >= 4 is 11.5 Å². The van der Waals surface area contributed by atoms with E-state index in [1.165, 1.54) is 0 Å². The number of hydrogen-bond donors (Lipinski definition) is 1. The minimum atomic E-state index is -0.520. The third kappa shape index (κ3) is 2.90. The number of pyridine rings is 1. The third-order valence-electron chi connectivity index (χ3n) is 2.96. The number of aliphatic hydroxyl groups is 1. The largest absolute Gasteiger partial charge is 0.389 e. The molecule has 0 amide bonds. The molecule has 0 bridgehead atoms. The number of nitrogens with zero attached hydrogens (tertiary/aromatic N) is 3. The minimum absolute atomic E-state index is 0.520. The van der Waals surface area contributed by atoms with Gasteiger partial charge in [0.05, 0.1) is 17.7 Å². The predicted molar refractivity (Wildman–Crippen MR) is 74.1 cm³/mol. The molecule has 0 saturated carbocycles. The van der Waals surface area contributed by atoms with E-state index in [0.717, 1.165) is 17.1 Å². The average molecular weight is 253 g/mol. The Hall–Kier alpha value is -2.38. The summed E-state index contributed by atoms with van der Waals surface area (Å²) in [7, 11) is 1.89. The number of benzene rings is 1. The van der Waals surface area contributed by atoms with Gasteiger partial charge in [0.2, 0.25) is 0 Å². The summed E-state index contributed by atoms with van der Waals surface area (Å²) in [6.45, 7) is 1.71. The highest BCUT2D eigenvalue weighted by molar-refractivity contribution is 5.61. The highest BCUT2D eigenvalue weighted by Gasteiger charge is 2.07. The van der Waals surface area contributed by atoms with Crippen LogP contribution in [0.25, 0.3) is 0 Å². The van der Waals surface area contributed by atoms with Crippen molar-refractivity contribution in [3.63, 3.8) is 0 Å². The maximum atomic E-state index is 9.45. The second-order valence-electron chi connectivity index (χ2n) is 4.35. The van der Waals surface area contributed by atoms with Crippen molar-refractivity contribution in [3.05, 3.63) is 53.7 Å². The zero-order valence-corrected chi connectivity index (χ0v) is 10.9. The Morgan fingerprint density at radius 3 is 2.68 bits per heavy atom. The van der Waals surface area contributed by atoms with E-state index in [-0.39, 0.29) is 0 Å². The summed E-state index contributed by atoms with van der Waals surface area (Å²) in [5.41, 5.74) is 2.30. The van der Waals surface area contributed by atoms with Crippen molar-refractivity contribution in [1.29, 1.82) is 5.26 Å². The summed E-state index contributed by atoms with van der Waals surface area (Å²) in [5.74, 6) is 0.763. The van der Waals surface area contributed by atoms with Gasteiger partial charge < -0.3 is 10.0 Å². The van der Waals surface area contributed by atoms with Crippen molar-refractivity contribution in [1.82, 2.24) is 4.98 Å². The molecule has 0 fully saturated rings. The van der Waals surface area contributed by atoms with Crippen LogP contribution in [0.4, 0.5) is 11.5 Å². The molecule has 4 nitrogen and oxygen atoms in total. The third-order valence-corrected chi connectivity index (χ3v) is 2.96. The van der Waals surface area contributed by atoms with Crippen molar-refractivity contribution < 1.29 is 5.11 Å². The van der Waals surface area contributed by atoms with Crippen LogP contribution in [0.2, 0.25) is 0 Å². The van der Waals surface area contributed by atoms with Crippen LogP contribution in [-0.4, -0.2) is 17.1 Å². The fraction of sp³-hybridized carbons (Fsp3) is 0.200. The molecule has 0 aliphatic rings. The number of rotatable bonds is 3. The van der Waals surface area contributed by atoms with Crippen LogP contribution in [0.3, 0.4) is 0 Å². The molecule has 1 atom stereocenters.